The minimum atomic E-state index is -0.381. The van der Waals surface area contributed by atoms with Gasteiger partial charge in [-0.3, -0.25) is 0 Å². The Hall–Kier alpha value is -5.08. The Balaban J connectivity index is 1.55. The highest BCUT2D eigenvalue weighted by Gasteiger charge is 2.33. The molecule has 5 rings (SSSR count). The van der Waals surface area contributed by atoms with Crippen LogP contribution < -0.4 is 30.7 Å². The largest absolute Gasteiger partial charge is 0.440 e. The molecule has 3 aromatic carbocycles. The van der Waals surface area contributed by atoms with Crippen molar-refractivity contribution in [2.45, 2.75) is 39.5 Å². The topological polar surface area (TPSA) is 125 Å². The number of anilines is 2. The van der Waals surface area contributed by atoms with E-state index in [0.29, 0.717) is 22.6 Å². The number of ether oxygens (including phenoxy) is 2. The monoisotopic (exact) mass is 560 g/mol. The van der Waals surface area contributed by atoms with Crippen molar-refractivity contribution in [2.75, 3.05) is 36.0 Å². The maximum atomic E-state index is 10.0. The molecule has 8 heteroatoms. The lowest BCUT2D eigenvalue weighted by atomic mass is 9.80. The van der Waals surface area contributed by atoms with Crippen molar-refractivity contribution in [3.63, 3.8) is 0 Å². The quantitative estimate of drug-likeness (QED) is 0.353. The second-order valence-electron chi connectivity index (χ2n) is 10.3. The first-order valence-corrected chi connectivity index (χ1v) is 14.4. The van der Waals surface area contributed by atoms with Gasteiger partial charge in [-0.05, 0) is 51.0 Å². The van der Waals surface area contributed by atoms with Crippen molar-refractivity contribution >= 4 is 11.4 Å². The minimum Gasteiger partial charge on any atom is -0.440 e. The Bertz CT molecular complexity index is 1510. The van der Waals surface area contributed by atoms with Gasteiger partial charge in [0.1, 0.15) is 34.8 Å². The molecule has 2 heterocycles. The number of hydrogen-bond donors (Lipinski definition) is 2. The number of fused-ring (bicyclic) bond motifs is 2. The fraction of sp³-hybridized carbons (Fsp3) is 0.294. The SMILES string of the molecule is CCN(CC)c1ccc2c(c1)OC(N)=C(C#N)[C@@H]2c1ccc([C@@H]2C(C#N)=C(N)Oc3cc(N(CC)CC)ccc32)cc1. The molecule has 3 aromatic rings. The molecule has 42 heavy (non-hydrogen) atoms. The number of benzene rings is 3. The molecule has 0 radical (unpaired) electrons. The molecule has 0 bridgehead atoms. The van der Waals surface area contributed by atoms with Crippen molar-refractivity contribution in [1.82, 2.24) is 0 Å². The smallest absolute Gasteiger partial charge is 0.205 e. The number of nitrogens with two attached hydrogens (primary N) is 2. The molecule has 8 nitrogen and oxygen atoms in total. The fourth-order valence-corrected chi connectivity index (χ4v) is 6.03. The second-order valence-corrected chi connectivity index (χ2v) is 10.3. The molecular weight excluding hydrogens is 524 g/mol. The van der Waals surface area contributed by atoms with Crippen LogP contribution in [0.2, 0.25) is 0 Å². The summed E-state index contributed by atoms with van der Waals surface area (Å²) in [6.45, 7) is 11.9. The zero-order chi connectivity index (χ0) is 30.0. The summed E-state index contributed by atoms with van der Waals surface area (Å²) in [5.74, 6) is 0.757. The fourth-order valence-electron chi connectivity index (χ4n) is 6.03. The molecule has 2 aliphatic rings. The summed E-state index contributed by atoms with van der Waals surface area (Å²) in [5, 5.41) is 20.1. The summed E-state index contributed by atoms with van der Waals surface area (Å²) < 4.78 is 11.9. The van der Waals surface area contributed by atoms with Crippen LogP contribution in [0.5, 0.6) is 11.5 Å². The molecular formula is C34H36N6O2. The maximum Gasteiger partial charge on any atom is 0.205 e. The molecule has 0 fully saturated rings. The van der Waals surface area contributed by atoms with E-state index in [1.165, 1.54) is 0 Å². The van der Waals surface area contributed by atoms with Gasteiger partial charge in [0.25, 0.3) is 0 Å². The number of hydrogen-bond acceptors (Lipinski definition) is 8. The lowest BCUT2D eigenvalue weighted by Gasteiger charge is -2.30. The third kappa shape index (κ3) is 4.86. The normalized spacial score (nSPS) is 17.3. The van der Waals surface area contributed by atoms with Crippen LogP contribution in [0, 0.1) is 22.7 Å². The number of nitrogens with zero attached hydrogens (tertiary/aromatic N) is 4. The highest BCUT2D eigenvalue weighted by atomic mass is 16.5. The maximum absolute atomic E-state index is 10.0. The van der Waals surface area contributed by atoms with Gasteiger partial charge < -0.3 is 30.7 Å². The summed E-state index contributed by atoms with van der Waals surface area (Å²) in [7, 11) is 0. The zero-order valence-electron chi connectivity index (χ0n) is 24.5. The predicted molar refractivity (Wildman–Crippen MR) is 165 cm³/mol. The second kappa shape index (κ2) is 11.8. The van der Waals surface area contributed by atoms with Gasteiger partial charge in [0.05, 0.1) is 11.8 Å². The molecule has 0 saturated heterocycles. The lowest BCUT2D eigenvalue weighted by Crippen LogP contribution is -2.24. The highest BCUT2D eigenvalue weighted by Crippen LogP contribution is 2.46. The lowest BCUT2D eigenvalue weighted by molar-refractivity contribution is 0.393. The average molecular weight is 561 g/mol. The summed E-state index contributed by atoms with van der Waals surface area (Å²) in [5.41, 5.74) is 18.9. The van der Waals surface area contributed by atoms with Gasteiger partial charge in [0.15, 0.2) is 0 Å². The van der Waals surface area contributed by atoms with E-state index in [4.69, 9.17) is 20.9 Å². The van der Waals surface area contributed by atoms with Gasteiger partial charge in [-0.25, -0.2) is 0 Å². The Morgan fingerprint density at radius 2 is 0.976 bits per heavy atom. The van der Waals surface area contributed by atoms with Crippen LogP contribution in [0.15, 0.2) is 83.6 Å². The molecule has 2 aliphatic heterocycles. The third-order valence-electron chi connectivity index (χ3n) is 8.27. The van der Waals surface area contributed by atoms with Crippen LogP contribution in [-0.2, 0) is 0 Å². The van der Waals surface area contributed by atoms with Crippen molar-refractivity contribution < 1.29 is 9.47 Å². The van der Waals surface area contributed by atoms with Crippen LogP contribution >= 0.6 is 0 Å². The van der Waals surface area contributed by atoms with Crippen LogP contribution in [0.1, 0.15) is 61.8 Å². The van der Waals surface area contributed by atoms with Crippen LogP contribution in [0.4, 0.5) is 11.4 Å². The Labute approximate surface area is 247 Å². The summed E-state index contributed by atoms with van der Waals surface area (Å²) in [4.78, 5) is 4.46. The van der Waals surface area contributed by atoms with E-state index in [-0.39, 0.29) is 23.6 Å². The van der Waals surface area contributed by atoms with E-state index in [2.05, 4.69) is 61.8 Å². The van der Waals surface area contributed by atoms with E-state index in [1.54, 1.807) is 0 Å². The van der Waals surface area contributed by atoms with Crippen molar-refractivity contribution in [1.29, 1.82) is 10.5 Å². The van der Waals surface area contributed by atoms with Gasteiger partial charge in [-0.15, -0.1) is 0 Å². The van der Waals surface area contributed by atoms with Crippen molar-refractivity contribution in [2.24, 2.45) is 11.5 Å². The number of nitriles is 2. The van der Waals surface area contributed by atoms with Gasteiger partial charge in [-0.2, -0.15) is 10.5 Å². The standard InChI is InChI=1S/C34H36N6O2/c1-5-39(6-2)23-13-15-25-29(17-23)41-33(37)27(19-35)31(25)21-9-11-22(12-10-21)32-26-16-14-24(40(7-3)8-4)18-30(26)42-34(38)28(32)20-36/h9-18,31-32H,5-8,37-38H2,1-4H3/t31-,32+. The van der Waals surface area contributed by atoms with Crippen molar-refractivity contribution in [3.05, 3.63) is 106 Å². The molecule has 2 atom stereocenters. The molecule has 0 aliphatic carbocycles. The Morgan fingerprint density at radius 3 is 1.29 bits per heavy atom. The highest BCUT2D eigenvalue weighted by molar-refractivity contribution is 5.64. The van der Waals surface area contributed by atoms with Crippen LogP contribution in [0.25, 0.3) is 0 Å². The summed E-state index contributed by atoms with van der Waals surface area (Å²) in [6.07, 6.45) is 0. The van der Waals surface area contributed by atoms with Crippen LogP contribution in [0.3, 0.4) is 0 Å². The van der Waals surface area contributed by atoms with Crippen LogP contribution in [-0.4, -0.2) is 26.2 Å². The average Bonchev–Trinajstić information content (AvgIpc) is 3.01. The molecule has 214 valence electrons. The summed E-state index contributed by atoms with van der Waals surface area (Å²) >= 11 is 0. The number of allylic oxidation sites excluding steroid dienone is 2. The first kappa shape index (κ1) is 28.4. The third-order valence-corrected chi connectivity index (χ3v) is 8.27. The first-order chi connectivity index (χ1) is 20.4. The van der Waals surface area contributed by atoms with Gasteiger partial charge in [-0.1, -0.05) is 36.4 Å². The Kier molecular flexibility index (Phi) is 7.99. The van der Waals surface area contributed by atoms with Crippen molar-refractivity contribution in [3.8, 4) is 23.6 Å². The predicted octanol–water partition coefficient (Wildman–Crippen LogP) is 5.82. The first-order valence-electron chi connectivity index (χ1n) is 14.4. The molecule has 0 spiro atoms. The Morgan fingerprint density at radius 1 is 0.619 bits per heavy atom. The molecule has 0 unspecified atom stereocenters. The van der Waals surface area contributed by atoms with Gasteiger partial charge in [0, 0.05) is 60.8 Å². The van der Waals surface area contributed by atoms with E-state index in [1.807, 2.05) is 48.5 Å². The molecule has 0 aromatic heterocycles. The van der Waals surface area contributed by atoms with Gasteiger partial charge in [0.2, 0.25) is 11.8 Å². The minimum absolute atomic E-state index is 0.112. The van der Waals surface area contributed by atoms with Gasteiger partial charge >= 0.3 is 0 Å². The van der Waals surface area contributed by atoms with E-state index >= 15 is 0 Å². The number of rotatable bonds is 8. The van der Waals surface area contributed by atoms with E-state index < -0.39 is 0 Å². The van der Waals surface area contributed by atoms with E-state index in [9.17, 15) is 10.5 Å². The molecule has 0 saturated carbocycles. The molecule has 0 amide bonds. The zero-order valence-corrected chi connectivity index (χ0v) is 24.5. The molecule has 4 N–H and O–H groups in total. The van der Waals surface area contributed by atoms with E-state index in [0.717, 1.165) is 59.8 Å². The summed E-state index contributed by atoms with van der Waals surface area (Å²) in [6, 6.07) is 24.6.